The van der Waals surface area contributed by atoms with E-state index in [1.165, 1.54) is 0 Å². The first-order valence-corrected chi connectivity index (χ1v) is 2.97. The zero-order valence-corrected chi connectivity index (χ0v) is 5.30. The molecule has 0 N–H and O–H groups in total. The van der Waals surface area contributed by atoms with E-state index in [0.717, 1.165) is 6.61 Å². The van der Waals surface area contributed by atoms with Gasteiger partial charge in [-0.1, -0.05) is 6.58 Å². The predicted octanol–water partition coefficient (Wildman–Crippen LogP) is 0.743. The molecule has 0 saturated carbocycles. The Labute approximate surface area is 54.8 Å². The van der Waals surface area contributed by atoms with Crippen LogP contribution in [0.5, 0.6) is 0 Å². The maximum absolute atomic E-state index is 5.11. The van der Waals surface area contributed by atoms with Crippen molar-refractivity contribution in [1.82, 2.24) is 0 Å². The highest BCUT2D eigenvalue weighted by Crippen LogP contribution is 2.07. The Bertz CT molecular complexity index is 121. The first-order chi connectivity index (χ1) is 4.43. The normalized spacial score (nSPS) is 22.9. The van der Waals surface area contributed by atoms with Gasteiger partial charge in [0.05, 0.1) is 19.8 Å². The molecule has 1 saturated heterocycles. The molecule has 1 rings (SSSR count). The summed E-state index contributed by atoms with van der Waals surface area (Å²) < 4.78 is 10.0. The molecule has 2 heteroatoms. The molecule has 1 aliphatic heterocycles. The average Bonchev–Trinajstić information content (AvgIpc) is 2.63. The van der Waals surface area contributed by atoms with Crippen LogP contribution in [0.25, 0.3) is 0 Å². The summed E-state index contributed by atoms with van der Waals surface area (Å²) in [6.45, 7) is 5.57. The van der Waals surface area contributed by atoms with Crippen molar-refractivity contribution in [3.8, 4) is 0 Å². The van der Waals surface area contributed by atoms with E-state index in [1.807, 2.05) is 0 Å². The summed E-state index contributed by atoms with van der Waals surface area (Å²) in [4.78, 5) is 0. The van der Waals surface area contributed by atoms with Crippen molar-refractivity contribution in [2.45, 2.75) is 6.10 Å². The molecule has 0 spiro atoms. The van der Waals surface area contributed by atoms with Gasteiger partial charge in [-0.15, -0.1) is 5.73 Å². The van der Waals surface area contributed by atoms with Gasteiger partial charge in [0.25, 0.3) is 0 Å². The molecule has 1 fully saturated rings. The predicted molar refractivity (Wildman–Crippen MR) is 34.3 cm³/mol. The molecular formula is C7H10O2. The summed E-state index contributed by atoms with van der Waals surface area (Å²) in [5, 5.41) is 0. The topological polar surface area (TPSA) is 21.8 Å². The fourth-order valence-corrected chi connectivity index (χ4v) is 0.482. The minimum absolute atomic E-state index is 0.364. The fourth-order valence-electron chi connectivity index (χ4n) is 0.482. The van der Waals surface area contributed by atoms with Crippen LogP contribution in [0.15, 0.2) is 18.4 Å². The van der Waals surface area contributed by atoms with Gasteiger partial charge in [-0.05, 0) is 6.08 Å². The maximum Gasteiger partial charge on any atom is 0.104 e. The smallest absolute Gasteiger partial charge is 0.104 e. The summed E-state index contributed by atoms with van der Waals surface area (Å²) in [5.74, 6) is 0. The van der Waals surface area contributed by atoms with Crippen molar-refractivity contribution < 1.29 is 9.47 Å². The van der Waals surface area contributed by atoms with Gasteiger partial charge in [0.1, 0.15) is 6.10 Å². The third-order valence-electron chi connectivity index (χ3n) is 1.05. The molecule has 0 bridgehead atoms. The van der Waals surface area contributed by atoms with Gasteiger partial charge in [-0.3, -0.25) is 0 Å². The SMILES string of the molecule is C=C=CCOCC1CO1. The van der Waals surface area contributed by atoms with Gasteiger partial charge in [0.15, 0.2) is 0 Å². The van der Waals surface area contributed by atoms with Crippen LogP contribution in [0, 0.1) is 0 Å². The quantitative estimate of drug-likeness (QED) is 0.315. The zero-order chi connectivity index (χ0) is 6.53. The molecule has 1 heterocycles. The third kappa shape index (κ3) is 3.09. The summed E-state index contributed by atoms with van der Waals surface area (Å²) >= 11 is 0. The summed E-state index contributed by atoms with van der Waals surface area (Å²) in [6.07, 6.45) is 2.12. The number of epoxide rings is 1. The molecule has 0 aliphatic carbocycles. The van der Waals surface area contributed by atoms with Crippen LogP contribution in [0.3, 0.4) is 0 Å². The summed E-state index contributed by atoms with van der Waals surface area (Å²) in [5.41, 5.74) is 2.62. The lowest BCUT2D eigenvalue weighted by Gasteiger charge is -1.92. The minimum Gasteiger partial charge on any atom is -0.374 e. The largest absolute Gasteiger partial charge is 0.374 e. The fraction of sp³-hybridized carbons (Fsp3) is 0.571. The Morgan fingerprint density at radius 1 is 1.89 bits per heavy atom. The Morgan fingerprint density at radius 2 is 2.67 bits per heavy atom. The molecule has 50 valence electrons. The van der Waals surface area contributed by atoms with Gasteiger partial charge in [0, 0.05) is 0 Å². The lowest BCUT2D eigenvalue weighted by molar-refractivity contribution is 0.141. The molecule has 0 aromatic heterocycles. The molecule has 1 unspecified atom stereocenters. The van der Waals surface area contributed by atoms with Crippen molar-refractivity contribution >= 4 is 0 Å². The molecule has 0 aromatic carbocycles. The van der Waals surface area contributed by atoms with E-state index < -0.39 is 0 Å². The van der Waals surface area contributed by atoms with E-state index in [0.29, 0.717) is 19.3 Å². The second-order valence-corrected chi connectivity index (χ2v) is 1.90. The number of hydrogen-bond donors (Lipinski definition) is 0. The van der Waals surface area contributed by atoms with E-state index in [2.05, 4.69) is 12.3 Å². The molecule has 1 aliphatic rings. The Kier molecular flexibility index (Phi) is 2.52. The van der Waals surface area contributed by atoms with Crippen LogP contribution >= 0.6 is 0 Å². The zero-order valence-electron chi connectivity index (χ0n) is 5.30. The number of ether oxygens (including phenoxy) is 2. The van der Waals surface area contributed by atoms with Crippen molar-refractivity contribution in [2.75, 3.05) is 19.8 Å². The number of hydrogen-bond acceptors (Lipinski definition) is 2. The van der Waals surface area contributed by atoms with Crippen LogP contribution in [0.4, 0.5) is 0 Å². The van der Waals surface area contributed by atoms with E-state index in [1.54, 1.807) is 6.08 Å². The first kappa shape index (κ1) is 6.56. The molecule has 1 atom stereocenters. The monoisotopic (exact) mass is 126 g/mol. The molecule has 0 amide bonds. The minimum atomic E-state index is 0.364. The van der Waals surface area contributed by atoms with Crippen LogP contribution in [-0.2, 0) is 9.47 Å². The standard InChI is InChI=1S/C7H10O2/c1-2-3-4-8-5-7-6-9-7/h3,7H,1,4-6H2. The molecule has 0 aromatic rings. The van der Waals surface area contributed by atoms with E-state index in [9.17, 15) is 0 Å². The average molecular weight is 126 g/mol. The van der Waals surface area contributed by atoms with E-state index in [4.69, 9.17) is 9.47 Å². The van der Waals surface area contributed by atoms with Crippen molar-refractivity contribution in [1.29, 1.82) is 0 Å². The van der Waals surface area contributed by atoms with Crippen LogP contribution in [-0.4, -0.2) is 25.9 Å². The van der Waals surface area contributed by atoms with Crippen LogP contribution < -0.4 is 0 Å². The number of rotatable bonds is 4. The highest BCUT2D eigenvalue weighted by molar-refractivity contribution is 4.75. The molecule has 9 heavy (non-hydrogen) atoms. The van der Waals surface area contributed by atoms with Crippen molar-refractivity contribution in [2.24, 2.45) is 0 Å². The lowest BCUT2D eigenvalue weighted by Crippen LogP contribution is -2.00. The Morgan fingerprint density at radius 3 is 3.22 bits per heavy atom. The third-order valence-corrected chi connectivity index (χ3v) is 1.05. The molecule has 2 nitrogen and oxygen atoms in total. The highest BCUT2D eigenvalue weighted by atomic mass is 16.6. The van der Waals surface area contributed by atoms with Crippen LogP contribution in [0.2, 0.25) is 0 Å². The van der Waals surface area contributed by atoms with E-state index >= 15 is 0 Å². The van der Waals surface area contributed by atoms with Crippen LogP contribution in [0.1, 0.15) is 0 Å². The summed E-state index contributed by atoms with van der Waals surface area (Å²) in [7, 11) is 0. The second kappa shape index (κ2) is 3.46. The van der Waals surface area contributed by atoms with Gasteiger partial charge in [-0.2, -0.15) is 0 Å². The highest BCUT2D eigenvalue weighted by Gasteiger charge is 2.21. The molecular weight excluding hydrogens is 116 g/mol. The van der Waals surface area contributed by atoms with E-state index in [-0.39, 0.29) is 0 Å². The first-order valence-electron chi connectivity index (χ1n) is 2.97. The Hall–Kier alpha value is -0.560. The second-order valence-electron chi connectivity index (χ2n) is 1.90. The van der Waals surface area contributed by atoms with Gasteiger partial charge in [0.2, 0.25) is 0 Å². The van der Waals surface area contributed by atoms with Gasteiger partial charge < -0.3 is 9.47 Å². The van der Waals surface area contributed by atoms with Gasteiger partial charge >= 0.3 is 0 Å². The Balaban J connectivity index is 1.86. The lowest BCUT2D eigenvalue weighted by atomic mass is 10.5. The summed E-state index contributed by atoms with van der Waals surface area (Å²) in [6, 6.07) is 0. The molecule has 0 radical (unpaired) electrons. The maximum atomic E-state index is 5.11. The van der Waals surface area contributed by atoms with Crippen molar-refractivity contribution in [3.63, 3.8) is 0 Å². The van der Waals surface area contributed by atoms with Crippen molar-refractivity contribution in [3.05, 3.63) is 18.4 Å². The van der Waals surface area contributed by atoms with Gasteiger partial charge in [-0.25, -0.2) is 0 Å².